The monoisotopic (exact) mass is 179 g/mol. The van der Waals surface area contributed by atoms with Crippen LogP contribution in [0.25, 0.3) is 0 Å². The van der Waals surface area contributed by atoms with Gasteiger partial charge in [-0.2, -0.15) is 0 Å². The molecule has 0 aliphatic carbocycles. The van der Waals surface area contributed by atoms with Crippen molar-refractivity contribution < 1.29 is 4.79 Å². The molecular formula is C9H13N3O. The van der Waals surface area contributed by atoms with E-state index in [-0.39, 0.29) is 5.78 Å². The third-order valence-corrected chi connectivity index (χ3v) is 1.88. The molecule has 1 aromatic carbocycles. The van der Waals surface area contributed by atoms with Crippen LogP contribution in [0.4, 0.5) is 17.1 Å². The first-order valence-electron chi connectivity index (χ1n) is 4.04. The standard InChI is InChI=1S/C9H13N3O/c1-2-9(13)5-3-7(11)8(12)4-6(5)10/h3-4H,2,10-12H2,1H3. The number of benzene rings is 1. The molecule has 0 unspecified atom stereocenters. The van der Waals surface area contributed by atoms with Gasteiger partial charge < -0.3 is 17.2 Å². The normalized spacial score (nSPS) is 9.92. The lowest BCUT2D eigenvalue weighted by atomic mass is 10.1. The maximum atomic E-state index is 11.3. The van der Waals surface area contributed by atoms with E-state index in [0.29, 0.717) is 29.0 Å². The number of nitrogens with two attached hydrogens (primary N) is 3. The maximum absolute atomic E-state index is 11.3. The maximum Gasteiger partial charge on any atom is 0.164 e. The minimum Gasteiger partial charge on any atom is -0.398 e. The number of nitrogen functional groups attached to an aromatic ring is 3. The lowest BCUT2D eigenvalue weighted by Crippen LogP contribution is -2.05. The highest BCUT2D eigenvalue weighted by Crippen LogP contribution is 2.23. The van der Waals surface area contributed by atoms with Crippen LogP contribution in [0.3, 0.4) is 0 Å². The quantitative estimate of drug-likeness (QED) is 0.466. The average Bonchev–Trinajstić information content (AvgIpc) is 2.10. The first-order valence-corrected chi connectivity index (χ1v) is 4.04. The molecule has 70 valence electrons. The Morgan fingerprint density at radius 1 is 1.15 bits per heavy atom. The van der Waals surface area contributed by atoms with Crippen LogP contribution >= 0.6 is 0 Å². The Kier molecular flexibility index (Phi) is 2.41. The van der Waals surface area contributed by atoms with Gasteiger partial charge in [0.05, 0.1) is 11.4 Å². The summed E-state index contributed by atoms with van der Waals surface area (Å²) >= 11 is 0. The molecule has 0 fully saturated rings. The van der Waals surface area contributed by atoms with Gasteiger partial charge in [-0.3, -0.25) is 4.79 Å². The largest absolute Gasteiger partial charge is 0.398 e. The second kappa shape index (κ2) is 3.35. The fourth-order valence-electron chi connectivity index (χ4n) is 1.08. The Balaban J connectivity index is 3.23. The summed E-state index contributed by atoms with van der Waals surface area (Å²) < 4.78 is 0. The molecule has 4 nitrogen and oxygen atoms in total. The summed E-state index contributed by atoms with van der Waals surface area (Å²) in [7, 11) is 0. The van der Waals surface area contributed by atoms with Crippen LogP contribution in [0.2, 0.25) is 0 Å². The molecule has 0 aromatic heterocycles. The highest BCUT2D eigenvalue weighted by Gasteiger charge is 2.09. The molecule has 0 heterocycles. The van der Waals surface area contributed by atoms with Gasteiger partial charge in [-0.15, -0.1) is 0 Å². The highest BCUT2D eigenvalue weighted by molar-refractivity contribution is 6.02. The summed E-state index contributed by atoms with van der Waals surface area (Å²) in [5.74, 6) is -0.0239. The average molecular weight is 179 g/mol. The van der Waals surface area contributed by atoms with E-state index >= 15 is 0 Å². The van der Waals surface area contributed by atoms with Crippen molar-refractivity contribution in [1.82, 2.24) is 0 Å². The molecule has 0 bridgehead atoms. The zero-order valence-corrected chi connectivity index (χ0v) is 7.50. The van der Waals surface area contributed by atoms with E-state index in [0.717, 1.165) is 0 Å². The number of ketones is 1. The number of carbonyl (C=O) groups excluding carboxylic acids is 1. The minimum atomic E-state index is -0.0239. The van der Waals surface area contributed by atoms with Crippen molar-refractivity contribution in [2.75, 3.05) is 17.2 Å². The van der Waals surface area contributed by atoms with Crippen molar-refractivity contribution in [2.45, 2.75) is 13.3 Å². The molecule has 0 saturated carbocycles. The van der Waals surface area contributed by atoms with Gasteiger partial charge in [0.15, 0.2) is 5.78 Å². The number of Topliss-reactive ketones (excluding diaryl/α,β-unsaturated/α-hetero) is 1. The van der Waals surface area contributed by atoms with Gasteiger partial charge in [-0.1, -0.05) is 6.92 Å². The van der Waals surface area contributed by atoms with Crippen LogP contribution in [-0.2, 0) is 0 Å². The van der Waals surface area contributed by atoms with Gasteiger partial charge in [-0.05, 0) is 12.1 Å². The van der Waals surface area contributed by atoms with Crippen LogP contribution in [0, 0.1) is 0 Å². The number of rotatable bonds is 2. The predicted molar refractivity (Wildman–Crippen MR) is 54.3 cm³/mol. The lowest BCUT2D eigenvalue weighted by molar-refractivity contribution is 0.0989. The van der Waals surface area contributed by atoms with Gasteiger partial charge in [0.25, 0.3) is 0 Å². The Labute approximate surface area is 76.7 Å². The van der Waals surface area contributed by atoms with Crippen molar-refractivity contribution in [3.63, 3.8) is 0 Å². The van der Waals surface area contributed by atoms with E-state index < -0.39 is 0 Å². The fourth-order valence-corrected chi connectivity index (χ4v) is 1.08. The van der Waals surface area contributed by atoms with E-state index in [1.165, 1.54) is 12.1 Å². The molecule has 1 aromatic rings. The van der Waals surface area contributed by atoms with Crippen molar-refractivity contribution >= 4 is 22.8 Å². The third-order valence-electron chi connectivity index (χ3n) is 1.88. The van der Waals surface area contributed by atoms with Gasteiger partial charge in [0.2, 0.25) is 0 Å². The summed E-state index contributed by atoms with van der Waals surface area (Å²) in [5.41, 5.74) is 18.3. The van der Waals surface area contributed by atoms with Crippen LogP contribution in [-0.4, -0.2) is 5.78 Å². The van der Waals surface area contributed by atoms with Crippen LogP contribution < -0.4 is 17.2 Å². The van der Waals surface area contributed by atoms with Crippen molar-refractivity contribution in [3.8, 4) is 0 Å². The van der Waals surface area contributed by atoms with E-state index in [4.69, 9.17) is 17.2 Å². The molecule has 0 amide bonds. The number of carbonyl (C=O) groups is 1. The molecule has 0 radical (unpaired) electrons. The molecule has 0 spiro atoms. The Morgan fingerprint density at radius 3 is 2.23 bits per heavy atom. The van der Waals surface area contributed by atoms with Crippen LogP contribution in [0.5, 0.6) is 0 Å². The summed E-state index contributed by atoms with van der Waals surface area (Å²) in [6, 6.07) is 3.04. The van der Waals surface area contributed by atoms with Crippen molar-refractivity contribution in [3.05, 3.63) is 17.7 Å². The molecule has 4 heteroatoms. The number of hydrogen-bond acceptors (Lipinski definition) is 4. The summed E-state index contributed by atoms with van der Waals surface area (Å²) in [5, 5.41) is 0. The zero-order chi connectivity index (χ0) is 10.0. The highest BCUT2D eigenvalue weighted by atomic mass is 16.1. The van der Waals surface area contributed by atoms with E-state index in [1.54, 1.807) is 6.92 Å². The summed E-state index contributed by atoms with van der Waals surface area (Å²) in [4.78, 5) is 11.3. The van der Waals surface area contributed by atoms with Gasteiger partial charge in [-0.25, -0.2) is 0 Å². The van der Waals surface area contributed by atoms with E-state index in [2.05, 4.69) is 0 Å². The van der Waals surface area contributed by atoms with Crippen LogP contribution in [0.1, 0.15) is 23.7 Å². The van der Waals surface area contributed by atoms with Gasteiger partial charge in [0.1, 0.15) is 0 Å². The topological polar surface area (TPSA) is 95.1 Å². The first kappa shape index (κ1) is 9.38. The summed E-state index contributed by atoms with van der Waals surface area (Å²) in [6.45, 7) is 1.77. The molecular weight excluding hydrogens is 166 g/mol. The Bertz CT molecular complexity index is 347. The molecule has 0 aliphatic rings. The first-order chi connectivity index (χ1) is 6.06. The SMILES string of the molecule is CCC(=O)c1cc(N)c(N)cc1N. The molecule has 13 heavy (non-hydrogen) atoms. The smallest absolute Gasteiger partial charge is 0.164 e. The van der Waals surface area contributed by atoms with E-state index in [1.807, 2.05) is 0 Å². The second-order valence-electron chi connectivity index (χ2n) is 2.85. The summed E-state index contributed by atoms with van der Waals surface area (Å²) in [6.07, 6.45) is 0.410. The predicted octanol–water partition coefficient (Wildman–Crippen LogP) is 1.03. The van der Waals surface area contributed by atoms with E-state index in [9.17, 15) is 4.79 Å². The molecule has 0 aliphatic heterocycles. The van der Waals surface area contributed by atoms with Crippen LogP contribution in [0.15, 0.2) is 12.1 Å². The van der Waals surface area contributed by atoms with Gasteiger partial charge in [0, 0.05) is 17.7 Å². The number of hydrogen-bond donors (Lipinski definition) is 3. The van der Waals surface area contributed by atoms with Gasteiger partial charge >= 0.3 is 0 Å². The molecule has 0 atom stereocenters. The van der Waals surface area contributed by atoms with Crippen molar-refractivity contribution in [1.29, 1.82) is 0 Å². The Morgan fingerprint density at radius 2 is 1.69 bits per heavy atom. The molecule has 6 N–H and O–H groups in total. The fraction of sp³-hybridized carbons (Fsp3) is 0.222. The number of anilines is 3. The van der Waals surface area contributed by atoms with Crippen molar-refractivity contribution in [2.24, 2.45) is 0 Å². The Hall–Kier alpha value is -1.71. The second-order valence-corrected chi connectivity index (χ2v) is 2.85. The zero-order valence-electron chi connectivity index (χ0n) is 7.50. The molecule has 0 saturated heterocycles. The molecule has 1 rings (SSSR count). The minimum absolute atomic E-state index is 0.0239. The third kappa shape index (κ3) is 1.72. The lowest BCUT2D eigenvalue weighted by Gasteiger charge is -2.06.